The molecule has 2 rings (SSSR count). The third-order valence-electron chi connectivity index (χ3n) is 2.87. The van der Waals surface area contributed by atoms with Gasteiger partial charge in [-0.05, 0) is 18.4 Å². The molecule has 4 nitrogen and oxygen atoms in total. The van der Waals surface area contributed by atoms with Crippen LogP contribution in [0.25, 0.3) is 0 Å². The standard InChI is InChI=1S/C11H14N2O2/c12-9(11(14)15)5-7-6-13-10-4-2-1-3-8(7)10/h1-3,6-7,9-10H,4-5,12H2,(H,14,15). The Kier molecular flexibility index (Phi) is 2.68. The Morgan fingerprint density at radius 2 is 2.53 bits per heavy atom. The summed E-state index contributed by atoms with van der Waals surface area (Å²) >= 11 is 0. The van der Waals surface area contributed by atoms with Crippen LogP contribution in [0, 0.1) is 5.92 Å². The average molecular weight is 206 g/mol. The van der Waals surface area contributed by atoms with Crippen molar-refractivity contribution in [3.8, 4) is 0 Å². The summed E-state index contributed by atoms with van der Waals surface area (Å²) in [6.45, 7) is 0. The quantitative estimate of drug-likeness (QED) is 0.715. The fourth-order valence-electron chi connectivity index (χ4n) is 2.02. The highest BCUT2D eigenvalue weighted by Crippen LogP contribution is 2.30. The van der Waals surface area contributed by atoms with Crippen molar-refractivity contribution in [2.75, 3.05) is 0 Å². The lowest BCUT2D eigenvalue weighted by atomic mass is 9.88. The maximum absolute atomic E-state index is 10.6. The topological polar surface area (TPSA) is 75.7 Å². The molecular formula is C11H14N2O2. The Morgan fingerprint density at radius 3 is 3.27 bits per heavy atom. The van der Waals surface area contributed by atoms with Gasteiger partial charge in [-0.1, -0.05) is 18.2 Å². The van der Waals surface area contributed by atoms with Crippen LogP contribution in [0.3, 0.4) is 0 Å². The largest absolute Gasteiger partial charge is 0.480 e. The zero-order valence-corrected chi connectivity index (χ0v) is 8.34. The summed E-state index contributed by atoms with van der Waals surface area (Å²) in [6.07, 6.45) is 9.30. The number of hydrogen-bond acceptors (Lipinski definition) is 3. The van der Waals surface area contributed by atoms with E-state index in [0.717, 1.165) is 6.42 Å². The molecule has 1 aliphatic heterocycles. The van der Waals surface area contributed by atoms with Crippen LogP contribution in [-0.2, 0) is 4.79 Å². The number of carboxylic acids is 1. The van der Waals surface area contributed by atoms with Gasteiger partial charge in [0.2, 0.25) is 0 Å². The van der Waals surface area contributed by atoms with Crippen LogP contribution in [0.1, 0.15) is 12.8 Å². The SMILES string of the molecule is NC(CC1C=NC2CC=CC=C12)C(=O)O. The number of carboxylic acid groups (broad SMARTS) is 1. The minimum absolute atomic E-state index is 0.103. The molecule has 0 radical (unpaired) electrons. The maximum atomic E-state index is 10.6. The van der Waals surface area contributed by atoms with Gasteiger partial charge < -0.3 is 10.8 Å². The van der Waals surface area contributed by atoms with E-state index in [1.54, 1.807) is 0 Å². The number of nitrogens with zero attached hydrogens (tertiary/aromatic N) is 1. The first-order valence-electron chi connectivity index (χ1n) is 5.07. The summed E-state index contributed by atoms with van der Waals surface area (Å²) in [5.74, 6) is -0.843. The lowest BCUT2D eigenvalue weighted by molar-refractivity contribution is -0.138. The molecule has 0 aromatic heterocycles. The molecule has 0 saturated carbocycles. The molecule has 3 unspecified atom stereocenters. The maximum Gasteiger partial charge on any atom is 0.320 e. The van der Waals surface area contributed by atoms with E-state index in [1.807, 2.05) is 18.4 Å². The third kappa shape index (κ3) is 1.99. The number of allylic oxidation sites excluding steroid dienone is 2. The lowest BCUT2D eigenvalue weighted by Crippen LogP contribution is -2.33. The van der Waals surface area contributed by atoms with Crippen molar-refractivity contribution in [3.63, 3.8) is 0 Å². The monoisotopic (exact) mass is 206 g/mol. The Hall–Kier alpha value is -1.42. The zero-order valence-electron chi connectivity index (χ0n) is 8.34. The van der Waals surface area contributed by atoms with E-state index in [1.165, 1.54) is 5.57 Å². The molecule has 0 saturated heterocycles. The van der Waals surface area contributed by atoms with Crippen LogP contribution < -0.4 is 5.73 Å². The van der Waals surface area contributed by atoms with Crippen molar-refractivity contribution < 1.29 is 9.90 Å². The molecule has 2 aliphatic rings. The molecular weight excluding hydrogens is 192 g/mol. The first-order chi connectivity index (χ1) is 7.18. The Morgan fingerprint density at radius 1 is 1.73 bits per heavy atom. The number of carbonyl (C=O) groups is 1. The predicted molar refractivity (Wildman–Crippen MR) is 57.8 cm³/mol. The van der Waals surface area contributed by atoms with Crippen molar-refractivity contribution in [1.29, 1.82) is 0 Å². The molecule has 15 heavy (non-hydrogen) atoms. The molecule has 1 heterocycles. The average Bonchev–Trinajstić information content (AvgIpc) is 2.62. The summed E-state index contributed by atoms with van der Waals surface area (Å²) in [6, 6.07) is -0.576. The van der Waals surface area contributed by atoms with E-state index in [4.69, 9.17) is 10.8 Å². The zero-order chi connectivity index (χ0) is 10.8. The van der Waals surface area contributed by atoms with Gasteiger partial charge in [-0.25, -0.2) is 0 Å². The summed E-state index contributed by atoms with van der Waals surface area (Å²) in [4.78, 5) is 15.0. The summed E-state index contributed by atoms with van der Waals surface area (Å²) in [7, 11) is 0. The number of hydrogen-bond donors (Lipinski definition) is 2. The number of aliphatic carboxylic acids is 1. The molecule has 0 bridgehead atoms. The van der Waals surface area contributed by atoms with E-state index in [0.29, 0.717) is 6.42 Å². The Labute approximate surface area is 88.2 Å². The second-order valence-corrected chi connectivity index (χ2v) is 3.93. The van der Waals surface area contributed by atoms with Crippen LogP contribution in [-0.4, -0.2) is 29.4 Å². The summed E-state index contributed by atoms with van der Waals surface area (Å²) in [5, 5.41) is 8.74. The van der Waals surface area contributed by atoms with Crippen molar-refractivity contribution >= 4 is 12.2 Å². The van der Waals surface area contributed by atoms with E-state index in [9.17, 15) is 4.79 Å². The molecule has 0 amide bonds. The van der Waals surface area contributed by atoms with Crippen LogP contribution in [0.4, 0.5) is 0 Å². The molecule has 1 aliphatic carbocycles. The molecule has 3 N–H and O–H groups in total. The van der Waals surface area contributed by atoms with Crippen LogP contribution in [0.5, 0.6) is 0 Å². The number of aliphatic imine (C=N–C) groups is 1. The molecule has 0 aromatic rings. The van der Waals surface area contributed by atoms with Gasteiger partial charge in [0.15, 0.2) is 0 Å². The highest BCUT2D eigenvalue weighted by molar-refractivity contribution is 5.76. The van der Waals surface area contributed by atoms with Gasteiger partial charge in [-0.15, -0.1) is 0 Å². The molecule has 0 spiro atoms. The second-order valence-electron chi connectivity index (χ2n) is 3.93. The van der Waals surface area contributed by atoms with Crippen molar-refractivity contribution in [2.45, 2.75) is 24.9 Å². The van der Waals surface area contributed by atoms with E-state index >= 15 is 0 Å². The first kappa shape index (κ1) is 10.1. The predicted octanol–water partition coefficient (Wildman–Crippen LogP) is 0.744. The molecule has 3 atom stereocenters. The second kappa shape index (κ2) is 3.98. The minimum Gasteiger partial charge on any atom is -0.480 e. The van der Waals surface area contributed by atoms with E-state index in [2.05, 4.69) is 11.1 Å². The Bertz CT molecular complexity index is 358. The minimum atomic E-state index is -0.946. The summed E-state index contributed by atoms with van der Waals surface area (Å²) in [5.41, 5.74) is 6.71. The van der Waals surface area contributed by atoms with Gasteiger partial charge in [-0.2, -0.15) is 0 Å². The smallest absolute Gasteiger partial charge is 0.320 e. The van der Waals surface area contributed by atoms with Gasteiger partial charge in [0.25, 0.3) is 0 Å². The van der Waals surface area contributed by atoms with Crippen LogP contribution >= 0.6 is 0 Å². The van der Waals surface area contributed by atoms with Crippen molar-refractivity contribution in [2.24, 2.45) is 16.6 Å². The van der Waals surface area contributed by atoms with E-state index < -0.39 is 12.0 Å². The van der Waals surface area contributed by atoms with Crippen molar-refractivity contribution in [3.05, 3.63) is 23.8 Å². The summed E-state index contributed by atoms with van der Waals surface area (Å²) < 4.78 is 0. The first-order valence-corrected chi connectivity index (χ1v) is 5.07. The lowest BCUT2D eigenvalue weighted by Gasteiger charge is -2.18. The highest BCUT2D eigenvalue weighted by atomic mass is 16.4. The number of fused-ring (bicyclic) bond motifs is 1. The number of rotatable bonds is 3. The molecule has 80 valence electrons. The van der Waals surface area contributed by atoms with Gasteiger partial charge in [0.05, 0.1) is 6.04 Å². The Balaban J connectivity index is 2.05. The van der Waals surface area contributed by atoms with Gasteiger partial charge in [0, 0.05) is 12.1 Å². The third-order valence-corrected chi connectivity index (χ3v) is 2.87. The van der Waals surface area contributed by atoms with Crippen molar-refractivity contribution in [1.82, 2.24) is 0 Å². The van der Waals surface area contributed by atoms with E-state index in [-0.39, 0.29) is 12.0 Å². The fourth-order valence-corrected chi connectivity index (χ4v) is 2.02. The molecule has 0 fully saturated rings. The van der Waals surface area contributed by atoms with Crippen LogP contribution in [0.2, 0.25) is 0 Å². The van der Waals surface area contributed by atoms with Crippen LogP contribution in [0.15, 0.2) is 28.8 Å². The van der Waals surface area contributed by atoms with Gasteiger partial charge in [0.1, 0.15) is 6.04 Å². The molecule has 4 heteroatoms. The van der Waals surface area contributed by atoms with Gasteiger partial charge in [-0.3, -0.25) is 9.79 Å². The normalized spacial score (nSPS) is 29.8. The highest BCUT2D eigenvalue weighted by Gasteiger charge is 2.29. The fraction of sp³-hybridized carbons (Fsp3) is 0.455. The number of nitrogens with two attached hydrogens (primary N) is 1. The molecule has 0 aromatic carbocycles. The van der Waals surface area contributed by atoms with Gasteiger partial charge >= 0.3 is 5.97 Å².